The number of carbonyl (C=O) groups is 1. The van der Waals surface area contributed by atoms with Crippen LogP contribution in [0.3, 0.4) is 0 Å². The third kappa shape index (κ3) is 4.27. The third-order valence-electron chi connectivity index (χ3n) is 2.26. The Labute approximate surface area is 81.3 Å². The molecule has 1 amide bonds. The van der Waals surface area contributed by atoms with Gasteiger partial charge >= 0.3 is 0 Å². The number of nitrogens with zero attached hydrogens (tertiary/aromatic N) is 1. The minimum absolute atomic E-state index is 0.119. The fourth-order valence-corrected chi connectivity index (χ4v) is 1.60. The molecule has 1 atom stereocenters. The maximum atomic E-state index is 11.1. The largest absolute Gasteiger partial charge is 0.368 e. The lowest BCUT2D eigenvalue weighted by molar-refractivity contribution is -0.124. The van der Waals surface area contributed by atoms with Crippen LogP contribution in [0.5, 0.6) is 0 Å². The monoisotopic (exact) mass is 186 g/mol. The molecular weight excluding hydrogens is 164 g/mol. The van der Waals surface area contributed by atoms with E-state index in [0.717, 1.165) is 19.4 Å². The van der Waals surface area contributed by atoms with Crippen LogP contribution in [0.4, 0.5) is 0 Å². The Morgan fingerprint density at radius 2 is 2.00 bits per heavy atom. The van der Waals surface area contributed by atoms with Gasteiger partial charge in [-0.1, -0.05) is 27.2 Å². The highest BCUT2D eigenvalue weighted by molar-refractivity contribution is 5.80. The van der Waals surface area contributed by atoms with Gasteiger partial charge in [-0.2, -0.15) is 0 Å². The molecule has 0 aromatic heterocycles. The molecule has 0 aromatic carbocycles. The highest BCUT2D eigenvalue weighted by Crippen LogP contribution is 2.09. The van der Waals surface area contributed by atoms with Crippen molar-refractivity contribution in [3.63, 3.8) is 0 Å². The Morgan fingerprint density at radius 3 is 2.31 bits per heavy atom. The summed E-state index contributed by atoms with van der Waals surface area (Å²) in [6, 6.07) is -0.119. The lowest BCUT2D eigenvalue weighted by Gasteiger charge is -2.28. The topological polar surface area (TPSA) is 46.3 Å². The zero-order chi connectivity index (χ0) is 10.4. The van der Waals surface area contributed by atoms with Gasteiger partial charge in [0.05, 0.1) is 6.04 Å². The predicted molar refractivity (Wildman–Crippen MR) is 55.4 cm³/mol. The molecule has 0 aliphatic heterocycles. The van der Waals surface area contributed by atoms with Crippen molar-refractivity contribution in [1.82, 2.24) is 4.90 Å². The Morgan fingerprint density at radius 1 is 1.46 bits per heavy atom. The smallest absolute Gasteiger partial charge is 0.235 e. The van der Waals surface area contributed by atoms with Crippen molar-refractivity contribution in [2.75, 3.05) is 13.6 Å². The lowest BCUT2D eigenvalue weighted by atomic mass is 10.0. The van der Waals surface area contributed by atoms with E-state index in [1.54, 1.807) is 0 Å². The molecule has 0 saturated carbocycles. The van der Waals surface area contributed by atoms with Crippen LogP contribution in [-0.2, 0) is 4.79 Å². The van der Waals surface area contributed by atoms with Crippen LogP contribution in [-0.4, -0.2) is 30.4 Å². The second kappa shape index (κ2) is 5.97. The van der Waals surface area contributed by atoms with E-state index in [9.17, 15) is 4.79 Å². The number of primary amides is 1. The van der Waals surface area contributed by atoms with Gasteiger partial charge in [0.15, 0.2) is 0 Å². The summed E-state index contributed by atoms with van der Waals surface area (Å²) < 4.78 is 0. The molecule has 13 heavy (non-hydrogen) atoms. The van der Waals surface area contributed by atoms with E-state index in [0.29, 0.717) is 5.92 Å². The van der Waals surface area contributed by atoms with Gasteiger partial charge in [0, 0.05) is 0 Å². The number of nitrogens with two attached hydrogens (primary N) is 1. The molecule has 3 heteroatoms. The van der Waals surface area contributed by atoms with Crippen LogP contribution in [0, 0.1) is 5.92 Å². The molecule has 0 bridgehead atoms. The predicted octanol–water partition coefficient (Wildman–Crippen LogP) is 1.23. The molecule has 0 radical (unpaired) electrons. The summed E-state index contributed by atoms with van der Waals surface area (Å²) in [5.74, 6) is 0.0768. The van der Waals surface area contributed by atoms with Crippen molar-refractivity contribution >= 4 is 5.91 Å². The lowest BCUT2D eigenvalue weighted by Crippen LogP contribution is -2.46. The average molecular weight is 186 g/mol. The normalized spacial score (nSPS) is 13.7. The van der Waals surface area contributed by atoms with Gasteiger partial charge in [0.1, 0.15) is 0 Å². The van der Waals surface area contributed by atoms with E-state index < -0.39 is 0 Å². The van der Waals surface area contributed by atoms with Crippen molar-refractivity contribution in [3.05, 3.63) is 0 Å². The van der Waals surface area contributed by atoms with Gasteiger partial charge in [-0.15, -0.1) is 0 Å². The van der Waals surface area contributed by atoms with E-state index in [1.807, 2.05) is 20.9 Å². The second-order valence-electron chi connectivity index (χ2n) is 3.93. The van der Waals surface area contributed by atoms with Gasteiger partial charge in [-0.25, -0.2) is 0 Å². The Balaban J connectivity index is 4.12. The SMILES string of the molecule is CCCCN(C)C(C(N)=O)C(C)C. The molecule has 0 fully saturated rings. The van der Waals surface area contributed by atoms with Gasteiger partial charge < -0.3 is 5.73 Å². The molecule has 0 aliphatic carbocycles. The summed E-state index contributed by atoms with van der Waals surface area (Å²) in [4.78, 5) is 13.2. The molecule has 3 nitrogen and oxygen atoms in total. The maximum Gasteiger partial charge on any atom is 0.235 e. The van der Waals surface area contributed by atoms with E-state index >= 15 is 0 Å². The first-order chi connectivity index (χ1) is 6.00. The summed E-state index contributed by atoms with van der Waals surface area (Å²) in [5.41, 5.74) is 5.33. The minimum Gasteiger partial charge on any atom is -0.368 e. The molecule has 1 unspecified atom stereocenters. The van der Waals surface area contributed by atoms with Crippen molar-refractivity contribution < 1.29 is 4.79 Å². The van der Waals surface area contributed by atoms with E-state index in [4.69, 9.17) is 5.73 Å². The van der Waals surface area contributed by atoms with Crippen LogP contribution in [0.25, 0.3) is 0 Å². The number of unbranched alkanes of at least 4 members (excludes halogenated alkanes) is 1. The number of rotatable bonds is 6. The Hall–Kier alpha value is -0.570. The number of hydrogen-bond donors (Lipinski definition) is 1. The number of amides is 1. The maximum absolute atomic E-state index is 11.1. The molecule has 0 spiro atoms. The highest BCUT2D eigenvalue weighted by atomic mass is 16.1. The van der Waals surface area contributed by atoms with Gasteiger partial charge in [0.2, 0.25) is 5.91 Å². The van der Waals surface area contributed by atoms with Crippen LogP contribution in [0.15, 0.2) is 0 Å². The summed E-state index contributed by atoms with van der Waals surface area (Å²) in [7, 11) is 1.96. The quantitative estimate of drug-likeness (QED) is 0.678. The van der Waals surface area contributed by atoms with Crippen LogP contribution in [0.2, 0.25) is 0 Å². The van der Waals surface area contributed by atoms with Crippen molar-refractivity contribution in [2.45, 2.75) is 39.7 Å². The minimum atomic E-state index is -0.214. The fourth-order valence-electron chi connectivity index (χ4n) is 1.60. The molecule has 78 valence electrons. The molecule has 0 rings (SSSR count). The van der Waals surface area contributed by atoms with Crippen molar-refractivity contribution in [1.29, 1.82) is 0 Å². The summed E-state index contributed by atoms with van der Waals surface area (Å²) in [6.07, 6.45) is 2.26. The Kier molecular flexibility index (Phi) is 5.71. The first-order valence-corrected chi connectivity index (χ1v) is 5.00. The molecular formula is C10H22N2O. The van der Waals surface area contributed by atoms with E-state index in [2.05, 4.69) is 11.8 Å². The first kappa shape index (κ1) is 12.4. The van der Waals surface area contributed by atoms with Crippen molar-refractivity contribution in [2.24, 2.45) is 11.7 Å². The van der Waals surface area contributed by atoms with Gasteiger partial charge in [0.25, 0.3) is 0 Å². The summed E-state index contributed by atoms with van der Waals surface area (Å²) >= 11 is 0. The number of carbonyl (C=O) groups excluding carboxylic acids is 1. The van der Waals surface area contributed by atoms with Crippen LogP contribution >= 0.6 is 0 Å². The van der Waals surface area contributed by atoms with Crippen LogP contribution in [0.1, 0.15) is 33.6 Å². The van der Waals surface area contributed by atoms with Gasteiger partial charge in [-0.3, -0.25) is 9.69 Å². The zero-order valence-electron chi connectivity index (χ0n) is 9.21. The van der Waals surface area contributed by atoms with Crippen LogP contribution < -0.4 is 5.73 Å². The zero-order valence-corrected chi connectivity index (χ0v) is 9.21. The Bertz CT molecular complexity index is 157. The molecule has 2 N–H and O–H groups in total. The average Bonchev–Trinajstić information content (AvgIpc) is 1.99. The molecule has 0 aromatic rings. The van der Waals surface area contributed by atoms with Crippen molar-refractivity contribution in [3.8, 4) is 0 Å². The summed E-state index contributed by atoms with van der Waals surface area (Å²) in [5, 5.41) is 0. The fraction of sp³-hybridized carbons (Fsp3) is 0.900. The highest BCUT2D eigenvalue weighted by Gasteiger charge is 2.23. The van der Waals surface area contributed by atoms with Gasteiger partial charge in [-0.05, 0) is 25.9 Å². The molecule has 0 saturated heterocycles. The van der Waals surface area contributed by atoms with E-state index in [1.165, 1.54) is 0 Å². The number of hydrogen-bond acceptors (Lipinski definition) is 2. The third-order valence-corrected chi connectivity index (χ3v) is 2.26. The number of likely N-dealkylation sites (N-methyl/N-ethyl adjacent to an activating group) is 1. The molecule has 0 aliphatic rings. The first-order valence-electron chi connectivity index (χ1n) is 5.00. The standard InChI is InChI=1S/C10H22N2O/c1-5-6-7-12(4)9(8(2)3)10(11)13/h8-9H,5-7H2,1-4H3,(H2,11,13). The summed E-state index contributed by atoms with van der Waals surface area (Å²) in [6.45, 7) is 7.14. The second-order valence-corrected chi connectivity index (χ2v) is 3.93. The van der Waals surface area contributed by atoms with E-state index in [-0.39, 0.29) is 11.9 Å². The molecule has 0 heterocycles.